The molecule has 0 unspecified atom stereocenters. The fourth-order valence-corrected chi connectivity index (χ4v) is 3.13. The van der Waals surface area contributed by atoms with Crippen LogP contribution in [0.1, 0.15) is 55.0 Å². The summed E-state index contributed by atoms with van der Waals surface area (Å²) in [5.74, 6) is -0.152. The second-order valence-electron chi connectivity index (χ2n) is 8.10. The van der Waals surface area contributed by atoms with Crippen molar-refractivity contribution in [1.29, 1.82) is 0 Å². The van der Waals surface area contributed by atoms with E-state index in [0.29, 0.717) is 6.54 Å². The Morgan fingerprint density at radius 1 is 0.931 bits per heavy atom. The van der Waals surface area contributed by atoms with E-state index in [0.717, 1.165) is 17.5 Å². The second-order valence-corrected chi connectivity index (χ2v) is 8.10. The highest BCUT2D eigenvalue weighted by molar-refractivity contribution is 5.88. The molecule has 2 aromatic carbocycles. The number of carbonyl (C=O) groups is 2. The van der Waals surface area contributed by atoms with Crippen LogP contribution in [-0.2, 0) is 22.6 Å². The van der Waals surface area contributed by atoms with Crippen molar-refractivity contribution in [3.05, 3.63) is 70.3 Å². The minimum Gasteiger partial charge on any atom is -0.352 e. The van der Waals surface area contributed by atoms with Crippen LogP contribution >= 0.6 is 0 Å². The molecule has 0 aliphatic rings. The van der Waals surface area contributed by atoms with Gasteiger partial charge in [0, 0.05) is 12.6 Å². The predicted octanol–water partition coefficient (Wildman–Crippen LogP) is 4.49. The third-order valence-corrected chi connectivity index (χ3v) is 5.57. The lowest BCUT2D eigenvalue weighted by Crippen LogP contribution is -2.49. The van der Waals surface area contributed by atoms with Gasteiger partial charge in [-0.3, -0.25) is 9.59 Å². The molecule has 0 saturated carbocycles. The number of carbonyl (C=O) groups excluding carboxylic acids is 2. The topological polar surface area (TPSA) is 49.4 Å². The molecular formula is C25H34N2O2. The summed E-state index contributed by atoms with van der Waals surface area (Å²) < 4.78 is 0. The van der Waals surface area contributed by atoms with Crippen LogP contribution in [0.4, 0.5) is 0 Å². The van der Waals surface area contributed by atoms with Crippen LogP contribution in [0.3, 0.4) is 0 Å². The maximum absolute atomic E-state index is 13.2. The number of rotatable bonds is 8. The summed E-state index contributed by atoms with van der Waals surface area (Å²) in [6, 6.07) is 13.7. The van der Waals surface area contributed by atoms with E-state index in [1.165, 1.54) is 16.7 Å². The van der Waals surface area contributed by atoms with Gasteiger partial charge in [-0.25, -0.2) is 0 Å². The van der Waals surface area contributed by atoms with Crippen molar-refractivity contribution >= 4 is 11.8 Å². The smallest absolute Gasteiger partial charge is 0.242 e. The van der Waals surface area contributed by atoms with Gasteiger partial charge in [-0.15, -0.1) is 0 Å². The fraction of sp³-hybridized carbons (Fsp3) is 0.440. The van der Waals surface area contributed by atoms with Crippen molar-refractivity contribution in [1.82, 2.24) is 10.2 Å². The van der Waals surface area contributed by atoms with E-state index in [1.807, 2.05) is 64.1 Å². The Balaban J connectivity index is 2.23. The zero-order valence-electron chi connectivity index (χ0n) is 18.6. The molecule has 0 spiro atoms. The average Bonchev–Trinajstić information content (AvgIpc) is 2.69. The van der Waals surface area contributed by atoms with E-state index < -0.39 is 6.04 Å². The summed E-state index contributed by atoms with van der Waals surface area (Å²) in [4.78, 5) is 27.7. The lowest BCUT2D eigenvalue weighted by atomic mass is 10.0. The first-order valence-corrected chi connectivity index (χ1v) is 10.4. The molecular weight excluding hydrogens is 360 g/mol. The Morgan fingerprint density at radius 2 is 1.55 bits per heavy atom. The van der Waals surface area contributed by atoms with Crippen molar-refractivity contribution in [2.75, 3.05) is 0 Å². The summed E-state index contributed by atoms with van der Waals surface area (Å²) in [5, 5.41) is 3.01. The Bertz CT molecular complexity index is 842. The summed E-state index contributed by atoms with van der Waals surface area (Å²) in [6.07, 6.45) is 1.14. The first-order valence-electron chi connectivity index (χ1n) is 10.4. The van der Waals surface area contributed by atoms with Gasteiger partial charge in [0.25, 0.3) is 0 Å². The minimum absolute atomic E-state index is 0.0411. The standard InChI is InChI=1S/C25H34N2O2/c1-7-20(5)26-25(29)21(6)27(16-22-11-8-17(2)9-12-22)24(28)15-23-13-10-18(3)19(4)14-23/h8-14,20-21H,7,15-16H2,1-6H3,(H,26,29)/t20-,21-/m1/s1. The average molecular weight is 395 g/mol. The predicted molar refractivity (Wildman–Crippen MR) is 119 cm³/mol. The first kappa shape index (κ1) is 22.7. The highest BCUT2D eigenvalue weighted by atomic mass is 16.2. The van der Waals surface area contributed by atoms with Gasteiger partial charge in [0.2, 0.25) is 11.8 Å². The van der Waals surface area contributed by atoms with Gasteiger partial charge in [-0.2, -0.15) is 0 Å². The lowest BCUT2D eigenvalue weighted by molar-refractivity contribution is -0.140. The molecule has 0 fully saturated rings. The molecule has 2 atom stereocenters. The number of nitrogens with zero attached hydrogens (tertiary/aromatic N) is 1. The Labute approximate surface area is 175 Å². The number of aryl methyl sites for hydroxylation is 3. The molecule has 0 aromatic heterocycles. The third kappa shape index (κ3) is 6.45. The Kier molecular flexibility index (Phi) is 8.00. The highest BCUT2D eigenvalue weighted by Gasteiger charge is 2.26. The highest BCUT2D eigenvalue weighted by Crippen LogP contribution is 2.15. The van der Waals surface area contributed by atoms with Gasteiger partial charge in [0.1, 0.15) is 6.04 Å². The maximum Gasteiger partial charge on any atom is 0.242 e. The van der Waals surface area contributed by atoms with E-state index in [4.69, 9.17) is 0 Å². The normalized spacial score (nSPS) is 12.9. The molecule has 0 aliphatic heterocycles. The molecule has 2 aromatic rings. The van der Waals surface area contributed by atoms with Crippen LogP contribution < -0.4 is 5.32 Å². The molecule has 4 heteroatoms. The van der Waals surface area contributed by atoms with Crippen LogP contribution in [0, 0.1) is 20.8 Å². The fourth-order valence-electron chi connectivity index (χ4n) is 3.13. The van der Waals surface area contributed by atoms with Crippen LogP contribution in [-0.4, -0.2) is 28.8 Å². The largest absolute Gasteiger partial charge is 0.352 e. The molecule has 0 saturated heterocycles. The summed E-state index contributed by atoms with van der Waals surface area (Å²) in [5.41, 5.74) is 5.54. The van der Waals surface area contributed by atoms with E-state index in [9.17, 15) is 9.59 Å². The molecule has 0 bridgehead atoms. The zero-order valence-corrected chi connectivity index (χ0v) is 18.6. The van der Waals surface area contributed by atoms with Crippen LogP contribution in [0.5, 0.6) is 0 Å². The monoisotopic (exact) mass is 394 g/mol. The molecule has 156 valence electrons. The number of hydrogen-bond acceptors (Lipinski definition) is 2. The van der Waals surface area contributed by atoms with Crippen LogP contribution in [0.25, 0.3) is 0 Å². The van der Waals surface area contributed by atoms with E-state index in [2.05, 4.69) is 25.2 Å². The third-order valence-electron chi connectivity index (χ3n) is 5.57. The van der Waals surface area contributed by atoms with Gasteiger partial charge in [-0.05, 0) is 63.3 Å². The number of amides is 2. The molecule has 1 N–H and O–H groups in total. The van der Waals surface area contributed by atoms with Gasteiger partial charge < -0.3 is 10.2 Å². The molecule has 0 aliphatic carbocycles. The van der Waals surface area contributed by atoms with Crippen molar-refractivity contribution in [2.24, 2.45) is 0 Å². The second kappa shape index (κ2) is 10.2. The Hall–Kier alpha value is -2.62. The van der Waals surface area contributed by atoms with Crippen LogP contribution in [0.2, 0.25) is 0 Å². The minimum atomic E-state index is -0.538. The number of hydrogen-bond donors (Lipinski definition) is 1. The van der Waals surface area contributed by atoms with Crippen molar-refractivity contribution < 1.29 is 9.59 Å². The summed E-state index contributed by atoms with van der Waals surface area (Å²) in [7, 11) is 0. The molecule has 4 nitrogen and oxygen atoms in total. The quantitative estimate of drug-likeness (QED) is 0.717. The zero-order chi connectivity index (χ0) is 21.6. The van der Waals surface area contributed by atoms with Gasteiger partial charge in [-0.1, -0.05) is 55.0 Å². The first-order chi connectivity index (χ1) is 13.7. The SMILES string of the molecule is CC[C@@H](C)NC(=O)[C@@H](C)N(Cc1ccc(C)cc1)C(=O)Cc1ccc(C)c(C)c1. The van der Waals surface area contributed by atoms with Crippen molar-refractivity contribution in [3.8, 4) is 0 Å². The summed E-state index contributed by atoms with van der Waals surface area (Å²) in [6.45, 7) is 12.4. The van der Waals surface area contributed by atoms with E-state index >= 15 is 0 Å². The summed E-state index contributed by atoms with van der Waals surface area (Å²) >= 11 is 0. The molecule has 29 heavy (non-hydrogen) atoms. The van der Waals surface area contributed by atoms with Gasteiger partial charge in [0.15, 0.2) is 0 Å². The van der Waals surface area contributed by atoms with E-state index in [1.54, 1.807) is 4.90 Å². The molecule has 0 heterocycles. The maximum atomic E-state index is 13.2. The number of nitrogens with one attached hydrogen (secondary N) is 1. The van der Waals surface area contributed by atoms with Gasteiger partial charge in [0.05, 0.1) is 6.42 Å². The van der Waals surface area contributed by atoms with E-state index in [-0.39, 0.29) is 24.3 Å². The van der Waals surface area contributed by atoms with Crippen molar-refractivity contribution in [2.45, 2.75) is 73.0 Å². The van der Waals surface area contributed by atoms with Gasteiger partial charge >= 0.3 is 0 Å². The number of benzene rings is 2. The van der Waals surface area contributed by atoms with Crippen LogP contribution in [0.15, 0.2) is 42.5 Å². The molecule has 0 radical (unpaired) electrons. The Morgan fingerprint density at radius 3 is 2.14 bits per heavy atom. The van der Waals surface area contributed by atoms with Crippen molar-refractivity contribution in [3.63, 3.8) is 0 Å². The lowest BCUT2D eigenvalue weighted by Gasteiger charge is -2.30. The molecule has 2 rings (SSSR count). The molecule has 2 amide bonds.